The van der Waals surface area contributed by atoms with Gasteiger partial charge < -0.3 is 20.1 Å². The Morgan fingerprint density at radius 3 is 3.08 bits per heavy atom. The summed E-state index contributed by atoms with van der Waals surface area (Å²) in [6.07, 6.45) is 7.13. The van der Waals surface area contributed by atoms with Gasteiger partial charge in [0.2, 0.25) is 0 Å². The number of hydrogen-bond donors (Lipinski definition) is 2. The second kappa shape index (κ2) is 8.98. The third-order valence-corrected chi connectivity index (χ3v) is 3.84. The number of aromatic nitrogens is 2. The maximum Gasteiger partial charge on any atom is 0.251 e. The van der Waals surface area contributed by atoms with Gasteiger partial charge in [0.05, 0.1) is 12.3 Å². The van der Waals surface area contributed by atoms with Crippen molar-refractivity contribution in [1.82, 2.24) is 15.3 Å². The molecule has 3 rings (SSSR count). The van der Waals surface area contributed by atoms with Crippen LogP contribution in [0.4, 0.5) is 5.82 Å². The monoisotopic (exact) mass is 342 g/mol. The lowest BCUT2D eigenvalue weighted by atomic mass is 10.2. The topological polar surface area (TPSA) is 85.4 Å². The van der Waals surface area contributed by atoms with Gasteiger partial charge in [0.25, 0.3) is 5.91 Å². The fourth-order valence-electron chi connectivity index (χ4n) is 2.55. The van der Waals surface area contributed by atoms with Crippen molar-refractivity contribution in [3.8, 4) is 5.75 Å². The first-order valence-corrected chi connectivity index (χ1v) is 8.44. The first kappa shape index (κ1) is 17.2. The average molecular weight is 342 g/mol. The molecule has 1 aromatic heterocycles. The number of benzene rings is 1. The van der Waals surface area contributed by atoms with Gasteiger partial charge in [-0.15, -0.1) is 0 Å². The molecule has 7 heteroatoms. The zero-order valence-corrected chi connectivity index (χ0v) is 14.0. The standard InChI is InChI=1S/C18H22N4O3/c23-18(22-9-8-21-17-12-19-6-7-20-17)14-3-1-4-15(11-14)25-13-16-5-2-10-24-16/h1,3-4,6-7,11-12,16H,2,5,8-10,13H2,(H,20,21)(H,22,23)/t16-/m0/s1. The smallest absolute Gasteiger partial charge is 0.251 e. The van der Waals surface area contributed by atoms with Crippen LogP contribution in [0.5, 0.6) is 5.75 Å². The van der Waals surface area contributed by atoms with Crippen LogP contribution in [0.3, 0.4) is 0 Å². The van der Waals surface area contributed by atoms with Gasteiger partial charge in [-0.3, -0.25) is 9.78 Å². The number of rotatable bonds is 8. The van der Waals surface area contributed by atoms with Crippen LogP contribution in [0.25, 0.3) is 0 Å². The molecule has 2 heterocycles. The normalized spacial score (nSPS) is 16.4. The van der Waals surface area contributed by atoms with E-state index in [0.29, 0.717) is 36.8 Å². The van der Waals surface area contributed by atoms with Crippen LogP contribution < -0.4 is 15.4 Å². The summed E-state index contributed by atoms with van der Waals surface area (Å²) in [5.41, 5.74) is 0.573. The Kier molecular flexibility index (Phi) is 6.17. The lowest BCUT2D eigenvalue weighted by Crippen LogP contribution is -2.28. The molecule has 1 aromatic carbocycles. The lowest BCUT2D eigenvalue weighted by molar-refractivity contribution is 0.0679. The highest BCUT2D eigenvalue weighted by Gasteiger charge is 2.16. The SMILES string of the molecule is O=C(NCCNc1cnccn1)c1cccc(OC[C@@H]2CCCO2)c1. The highest BCUT2D eigenvalue weighted by atomic mass is 16.5. The Morgan fingerprint density at radius 2 is 2.28 bits per heavy atom. The summed E-state index contributed by atoms with van der Waals surface area (Å²) in [6, 6.07) is 7.18. The van der Waals surface area contributed by atoms with Gasteiger partial charge in [0.1, 0.15) is 18.2 Å². The van der Waals surface area contributed by atoms with Crippen LogP contribution in [-0.4, -0.2) is 48.3 Å². The molecule has 1 amide bonds. The molecule has 2 N–H and O–H groups in total. The Bertz CT molecular complexity index is 675. The molecule has 0 bridgehead atoms. The Hall–Kier alpha value is -2.67. The fourth-order valence-corrected chi connectivity index (χ4v) is 2.55. The van der Waals surface area contributed by atoms with E-state index in [1.807, 2.05) is 12.1 Å². The summed E-state index contributed by atoms with van der Waals surface area (Å²) < 4.78 is 11.3. The summed E-state index contributed by atoms with van der Waals surface area (Å²) >= 11 is 0. The van der Waals surface area contributed by atoms with Gasteiger partial charge in [0, 0.05) is 37.7 Å². The summed E-state index contributed by atoms with van der Waals surface area (Å²) in [5, 5.41) is 5.95. The van der Waals surface area contributed by atoms with Crippen LogP contribution in [0.1, 0.15) is 23.2 Å². The number of anilines is 1. The maximum absolute atomic E-state index is 12.2. The van der Waals surface area contributed by atoms with E-state index < -0.39 is 0 Å². The molecule has 0 saturated carbocycles. The number of carbonyl (C=O) groups excluding carboxylic acids is 1. The molecule has 0 unspecified atom stereocenters. The zero-order valence-electron chi connectivity index (χ0n) is 14.0. The van der Waals surface area contributed by atoms with Crippen molar-refractivity contribution >= 4 is 11.7 Å². The minimum atomic E-state index is -0.136. The van der Waals surface area contributed by atoms with Crippen LogP contribution in [0.15, 0.2) is 42.9 Å². The van der Waals surface area contributed by atoms with E-state index in [4.69, 9.17) is 9.47 Å². The number of nitrogens with one attached hydrogen (secondary N) is 2. The van der Waals surface area contributed by atoms with Crippen molar-refractivity contribution in [2.75, 3.05) is 31.6 Å². The van der Waals surface area contributed by atoms with Gasteiger partial charge in [0.15, 0.2) is 0 Å². The van der Waals surface area contributed by atoms with Crippen LogP contribution >= 0.6 is 0 Å². The minimum Gasteiger partial charge on any atom is -0.491 e. The molecule has 1 aliphatic rings. The number of carbonyl (C=O) groups is 1. The molecule has 132 valence electrons. The number of ether oxygens (including phenoxy) is 2. The molecule has 0 radical (unpaired) electrons. The van der Waals surface area contributed by atoms with Gasteiger partial charge in [-0.1, -0.05) is 6.07 Å². The first-order valence-electron chi connectivity index (χ1n) is 8.44. The van der Waals surface area contributed by atoms with E-state index in [0.717, 1.165) is 19.4 Å². The van der Waals surface area contributed by atoms with Crippen molar-refractivity contribution in [2.24, 2.45) is 0 Å². The van der Waals surface area contributed by atoms with E-state index in [1.165, 1.54) is 0 Å². The number of amides is 1. The molecule has 25 heavy (non-hydrogen) atoms. The number of nitrogens with zero attached hydrogens (tertiary/aromatic N) is 2. The Morgan fingerprint density at radius 1 is 1.32 bits per heavy atom. The van der Waals surface area contributed by atoms with Gasteiger partial charge >= 0.3 is 0 Å². The molecule has 1 atom stereocenters. The zero-order chi connectivity index (χ0) is 17.3. The summed E-state index contributed by atoms with van der Waals surface area (Å²) in [4.78, 5) is 20.3. The Labute approximate surface area is 146 Å². The van der Waals surface area contributed by atoms with E-state index in [2.05, 4.69) is 20.6 Å². The van der Waals surface area contributed by atoms with Crippen molar-refractivity contribution in [2.45, 2.75) is 18.9 Å². The van der Waals surface area contributed by atoms with Crippen molar-refractivity contribution in [3.05, 3.63) is 48.4 Å². The molecule has 7 nitrogen and oxygen atoms in total. The first-order chi connectivity index (χ1) is 12.3. The second-order valence-corrected chi connectivity index (χ2v) is 5.75. The highest BCUT2D eigenvalue weighted by Crippen LogP contribution is 2.17. The van der Waals surface area contributed by atoms with Crippen molar-refractivity contribution in [1.29, 1.82) is 0 Å². The van der Waals surface area contributed by atoms with Crippen LogP contribution in [0, 0.1) is 0 Å². The maximum atomic E-state index is 12.2. The van der Waals surface area contributed by atoms with E-state index in [1.54, 1.807) is 30.7 Å². The van der Waals surface area contributed by atoms with Crippen molar-refractivity contribution in [3.63, 3.8) is 0 Å². The predicted octanol–water partition coefficient (Wildman–Crippen LogP) is 1.88. The third-order valence-electron chi connectivity index (χ3n) is 3.84. The average Bonchev–Trinajstić information content (AvgIpc) is 3.18. The van der Waals surface area contributed by atoms with Gasteiger partial charge in [-0.05, 0) is 31.0 Å². The highest BCUT2D eigenvalue weighted by molar-refractivity contribution is 5.94. The molecule has 1 saturated heterocycles. The molecule has 2 aromatic rings. The molecular formula is C18H22N4O3. The largest absolute Gasteiger partial charge is 0.491 e. The summed E-state index contributed by atoms with van der Waals surface area (Å²) in [7, 11) is 0. The lowest BCUT2D eigenvalue weighted by Gasteiger charge is -2.12. The molecular weight excluding hydrogens is 320 g/mol. The van der Waals surface area contributed by atoms with Crippen molar-refractivity contribution < 1.29 is 14.3 Å². The van der Waals surface area contributed by atoms with Gasteiger partial charge in [-0.2, -0.15) is 0 Å². The van der Waals surface area contributed by atoms with Crippen LogP contribution in [-0.2, 0) is 4.74 Å². The molecule has 0 aliphatic carbocycles. The summed E-state index contributed by atoms with van der Waals surface area (Å²) in [5.74, 6) is 1.23. The second-order valence-electron chi connectivity index (χ2n) is 5.75. The predicted molar refractivity (Wildman–Crippen MR) is 93.8 cm³/mol. The molecule has 0 spiro atoms. The summed E-state index contributed by atoms with van der Waals surface area (Å²) in [6.45, 7) is 2.38. The Balaban J connectivity index is 1.42. The molecule has 1 fully saturated rings. The number of hydrogen-bond acceptors (Lipinski definition) is 6. The molecule has 1 aliphatic heterocycles. The third kappa shape index (κ3) is 5.42. The van der Waals surface area contributed by atoms with Crippen LogP contribution in [0.2, 0.25) is 0 Å². The van der Waals surface area contributed by atoms with E-state index in [9.17, 15) is 4.79 Å². The van der Waals surface area contributed by atoms with Gasteiger partial charge in [-0.25, -0.2) is 4.98 Å². The van der Waals surface area contributed by atoms with E-state index in [-0.39, 0.29) is 12.0 Å². The van der Waals surface area contributed by atoms with E-state index >= 15 is 0 Å². The fraction of sp³-hybridized carbons (Fsp3) is 0.389. The minimum absolute atomic E-state index is 0.136. The quantitative estimate of drug-likeness (QED) is 0.713.